The molecule has 1 aliphatic heterocycles. The predicted octanol–water partition coefficient (Wildman–Crippen LogP) is 1.07. The number of phenolic OH excluding ortho intramolecular Hbond substituents is 1. The number of methoxy groups -OCH3 is 2. The van der Waals surface area contributed by atoms with Gasteiger partial charge in [0.25, 0.3) is 0 Å². The van der Waals surface area contributed by atoms with Crippen molar-refractivity contribution < 1.29 is 19.3 Å². The van der Waals surface area contributed by atoms with Gasteiger partial charge in [0.05, 0.1) is 26.9 Å². The van der Waals surface area contributed by atoms with Crippen molar-refractivity contribution >= 4 is 0 Å². The summed E-state index contributed by atoms with van der Waals surface area (Å²) in [6.45, 7) is 2.21. The fourth-order valence-electron chi connectivity index (χ4n) is 1.92. The molecule has 1 heterocycles. The molecular weight excluding hydrogens is 222 g/mol. The van der Waals surface area contributed by atoms with Gasteiger partial charge in [0.2, 0.25) is 0 Å². The molecule has 1 saturated heterocycles. The van der Waals surface area contributed by atoms with E-state index in [4.69, 9.17) is 14.2 Å². The number of hydrogen-bond donors (Lipinski definition) is 2. The molecule has 1 aromatic carbocycles. The third kappa shape index (κ3) is 2.45. The van der Waals surface area contributed by atoms with Gasteiger partial charge in [0.1, 0.15) is 5.75 Å². The zero-order valence-electron chi connectivity index (χ0n) is 10.0. The monoisotopic (exact) mass is 239 g/mol. The highest BCUT2D eigenvalue weighted by Gasteiger charge is 2.21. The summed E-state index contributed by atoms with van der Waals surface area (Å²) in [7, 11) is 3.10. The predicted molar refractivity (Wildman–Crippen MR) is 62.8 cm³/mol. The number of nitrogens with one attached hydrogen (secondary N) is 1. The van der Waals surface area contributed by atoms with E-state index >= 15 is 0 Å². The van der Waals surface area contributed by atoms with Crippen LogP contribution in [0.25, 0.3) is 0 Å². The molecular formula is C12H17NO4. The Hall–Kier alpha value is -1.46. The summed E-state index contributed by atoms with van der Waals surface area (Å²) < 4.78 is 16.0. The van der Waals surface area contributed by atoms with Crippen LogP contribution in [0.1, 0.15) is 11.7 Å². The van der Waals surface area contributed by atoms with E-state index in [1.54, 1.807) is 19.2 Å². The van der Waals surface area contributed by atoms with Crippen molar-refractivity contribution in [2.45, 2.75) is 6.10 Å². The second kappa shape index (κ2) is 5.25. The molecule has 0 aromatic heterocycles. The third-order valence-electron chi connectivity index (χ3n) is 2.81. The van der Waals surface area contributed by atoms with Crippen LogP contribution < -0.4 is 14.8 Å². The lowest BCUT2D eigenvalue weighted by Crippen LogP contribution is -2.33. The second-order valence-electron chi connectivity index (χ2n) is 3.83. The minimum Gasteiger partial charge on any atom is -0.504 e. The number of benzene rings is 1. The van der Waals surface area contributed by atoms with Crippen molar-refractivity contribution in [3.63, 3.8) is 0 Å². The number of ether oxygens (including phenoxy) is 3. The lowest BCUT2D eigenvalue weighted by atomic mass is 10.1. The minimum absolute atomic E-state index is 0.0949. The van der Waals surface area contributed by atoms with Gasteiger partial charge in [-0.05, 0) is 6.07 Å². The van der Waals surface area contributed by atoms with Gasteiger partial charge in [0, 0.05) is 24.7 Å². The van der Waals surface area contributed by atoms with Crippen LogP contribution in [0.2, 0.25) is 0 Å². The summed E-state index contributed by atoms with van der Waals surface area (Å²) in [5.41, 5.74) is 0.831. The Morgan fingerprint density at radius 2 is 2.06 bits per heavy atom. The van der Waals surface area contributed by atoms with E-state index in [1.807, 2.05) is 0 Å². The summed E-state index contributed by atoms with van der Waals surface area (Å²) in [5, 5.41) is 13.0. The molecule has 0 saturated carbocycles. The molecule has 5 nitrogen and oxygen atoms in total. The first-order valence-electron chi connectivity index (χ1n) is 5.53. The smallest absolute Gasteiger partial charge is 0.164 e. The molecule has 0 amide bonds. The van der Waals surface area contributed by atoms with Gasteiger partial charge in [0.15, 0.2) is 11.5 Å². The van der Waals surface area contributed by atoms with E-state index in [-0.39, 0.29) is 11.9 Å². The van der Waals surface area contributed by atoms with Crippen molar-refractivity contribution in [1.82, 2.24) is 5.32 Å². The average Bonchev–Trinajstić information content (AvgIpc) is 2.39. The van der Waals surface area contributed by atoms with Gasteiger partial charge < -0.3 is 24.6 Å². The van der Waals surface area contributed by atoms with Crippen LogP contribution in [0.3, 0.4) is 0 Å². The first-order valence-corrected chi connectivity index (χ1v) is 5.53. The van der Waals surface area contributed by atoms with Crippen LogP contribution >= 0.6 is 0 Å². The molecule has 1 atom stereocenters. The lowest BCUT2D eigenvalue weighted by Gasteiger charge is -2.25. The Kier molecular flexibility index (Phi) is 3.71. The van der Waals surface area contributed by atoms with Gasteiger partial charge >= 0.3 is 0 Å². The number of rotatable bonds is 3. The average molecular weight is 239 g/mol. The Morgan fingerprint density at radius 1 is 1.29 bits per heavy atom. The van der Waals surface area contributed by atoms with Crippen LogP contribution in [-0.4, -0.2) is 39.0 Å². The fourth-order valence-corrected chi connectivity index (χ4v) is 1.92. The molecule has 0 bridgehead atoms. The van der Waals surface area contributed by atoms with E-state index in [0.717, 1.165) is 12.1 Å². The molecule has 5 heteroatoms. The minimum atomic E-state index is -0.101. The van der Waals surface area contributed by atoms with Crippen molar-refractivity contribution in [1.29, 1.82) is 0 Å². The maximum absolute atomic E-state index is 9.79. The SMILES string of the molecule is COc1cc(OC)c(C2CNCCO2)cc1O. The Balaban J connectivity index is 2.34. The highest BCUT2D eigenvalue weighted by molar-refractivity contribution is 5.50. The first-order chi connectivity index (χ1) is 8.26. The summed E-state index contributed by atoms with van der Waals surface area (Å²) in [5.74, 6) is 1.15. The highest BCUT2D eigenvalue weighted by atomic mass is 16.5. The number of hydrogen-bond acceptors (Lipinski definition) is 5. The fraction of sp³-hybridized carbons (Fsp3) is 0.500. The molecule has 17 heavy (non-hydrogen) atoms. The van der Waals surface area contributed by atoms with Crippen LogP contribution in [0.15, 0.2) is 12.1 Å². The molecule has 2 rings (SSSR count). The first kappa shape index (κ1) is 12.0. The molecule has 2 N–H and O–H groups in total. The van der Waals surface area contributed by atoms with Gasteiger partial charge in [-0.3, -0.25) is 0 Å². The van der Waals surface area contributed by atoms with Crippen molar-refractivity contribution in [2.75, 3.05) is 33.9 Å². The second-order valence-corrected chi connectivity index (χ2v) is 3.83. The normalized spacial score (nSPS) is 20.0. The van der Waals surface area contributed by atoms with Gasteiger partial charge in [-0.2, -0.15) is 0 Å². The van der Waals surface area contributed by atoms with Crippen LogP contribution in [0.4, 0.5) is 0 Å². The molecule has 0 radical (unpaired) electrons. The summed E-state index contributed by atoms with van der Waals surface area (Å²) in [6, 6.07) is 3.30. The Morgan fingerprint density at radius 3 is 2.65 bits per heavy atom. The van der Waals surface area contributed by atoms with Crippen LogP contribution in [-0.2, 0) is 4.74 Å². The molecule has 0 aliphatic carbocycles. The molecule has 1 aliphatic rings. The maximum Gasteiger partial charge on any atom is 0.164 e. The molecule has 1 aromatic rings. The number of phenols is 1. The third-order valence-corrected chi connectivity index (χ3v) is 2.81. The zero-order chi connectivity index (χ0) is 12.3. The number of aromatic hydroxyl groups is 1. The summed E-state index contributed by atoms with van der Waals surface area (Å²) >= 11 is 0. The van der Waals surface area contributed by atoms with E-state index in [2.05, 4.69) is 5.32 Å². The Bertz CT molecular complexity index is 388. The van der Waals surface area contributed by atoms with Crippen molar-refractivity contribution in [2.24, 2.45) is 0 Å². The van der Waals surface area contributed by atoms with Crippen LogP contribution in [0.5, 0.6) is 17.2 Å². The Labute approximate surface area is 100 Å². The molecule has 1 fully saturated rings. The van der Waals surface area contributed by atoms with Gasteiger partial charge in [-0.15, -0.1) is 0 Å². The topological polar surface area (TPSA) is 60.0 Å². The standard InChI is InChI=1S/C12H17NO4/c1-15-10-6-11(16-2)9(14)5-8(10)12-7-13-3-4-17-12/h5-6,12-14H,3-4,7H2,1-2H3. The zero-order valence-corrected chi connectivity index (χ0v) is 10.0. The van der Waals surface area contributed by atoms with Crippen LogP contribution in [0, 0.1) is 0 Å². The quantitative estimate of drug-likeness (QED) is 0.826. The molecule has 0 spiro atoms. The van der Waals surface area contributed by atoms with E-state index < -0.39 is 0 Å². The van der Waals surface area contributed by atoms with E-state index in [9.17, 15) is 5.11 Å². The highest BCUT2D eigenvalue weighted by Crippen LogP contribution is 2.37. The van der Waals surface area contributed by atoms with Crippen molar-refractivity contribution in [3.8, 4) is 17.2 Å². The molecule has 1 unspecified atom stereocenters. The molecule has 94 valence electrons. The van der Waals surface area contributed by atoms with Gasteiger partial charge in [-0.25, -0.2) is 0 Å². The summed E-state index contributed by atoms with van der Waals surface area (Å²) in [4.78, 5) is 0. The van der Waals surface area contributed by atoms with E-state index in [0.29, 0.717) is 24.7 Å². The van der Waals surface area contributed by atoms with E-state index in [1.165, 1.54) is 7.11 Å². The van der Waals surface area contributed by atoms with Crippen molar-refractivity contribution in [3.05, 3.63) is 17.7 Å². The number of morpholine rings is 1. The maximum atomic E-state index is 9.79. The summed E-state index contributed by atoms with van der Waals surface area (Å²) in [6.07, 6.45) is -0.101. The largest absolute Gasteiger partial charge is 0.504 e. The lowest BCUT2D eigenvalue weighted by molar-refractivity contribution is 0.0261. The van der Waals surface area contributed by atoms with Gasteiger partial charge in [-0.1, -0.05) is 0 Å².